The number of aromatic nitrogens is 2. The largest absolute Gasteiger partial charge is 0.383 e. The number of carbonyl (C=O) groups excluding carboxylic acids is 1. The molecule has 1 aromatic carbocycles. The number of ether oxygens (including phenoxy) is 1. The lowest BCUT2D eigenvalue weighted by Gasteiger charge is -2.29. The van der Waals surface area contributed by atoms with Crippen molar-refractivity contribution in [3.8, 4) is 11.3 Å². The van der Waals surface area contributed by atoms with Crippen molar-refractivity contribution in [1.82, 2.24) is 15.3 Å². The summed E-state index contributed by atoms with van der Waals surface area (Å²) in [4.78, 5) is 23.3. The van der Waals surface area contributed by atoms with Crippen LogP contribution in [-0.4, -0.2) is 42.6 Å². The molecule has 1 fully saturated rings. The molecule has 0 bridgehead atoms. The number of nitrogens with zero attached hydrogens (tertiary/aromatic N) is 3. The minimum atomic E-state index is -0.479. The summed E-state index contributed by atoms with van der Waals surface area (Å²) in [5.74, 6) is 1.13. The van der Waals surface area contributed by atoms with E-state index in [9.17, 15) is 4.79 Å². The number of nitrogen functional groups attached to an aromatic ring is 1. The maximum Gasteiger partial charge on any atom is 0.146 e. The SMILES string of the molecule is Cc1cc(-c2cc3c(c(Nc4ccc(N5CCOCC5)cc4)n2)C(C=O)NC=C3)cnc1N. The summed E-state index contributed by atoms with van der Waals surface area (Å²) < 4.78 is 5.45. The highest BCUT2D eigenvalue weighted by Gasteiger charge is 2.23. The molecular formula is C25H26N6O2. The molecule has 0 amide bonds. The van der Waals surface area contributed by atoms with Gasteiger partial charge in [0.1, 0.15) is 24.0 Å². The van der Waals surface area contributed by atoms with Gasteiger partial charge in [0.05, 0.1) is 18.9 Å². The molecule has 4 heterocycles. The molecule has 3 aromatic rings. The van der Waals surface area contributed by atoms with Gasteiger partial charge >= 0.3 is 0 Å². The number of carbonyl (C=O) groups is 1. The number of hydrogen-bond acceptors (Lipinski definition) is 8. The molecule has 8 heteroatoms. The Morgan fingerprint density at radius 1 is 1.21 bits per heavy atom. The molecule has 1 saturated heterocycles. The maximum absolute atomic E-state index is 11.8. The van der Waals surface area contributed by atoms with Crippen LogP contribution in [0, 0.1) is 6.92 Å². The van der Waals surface area contributed by atoms with Crippen molar-refractivity contribution in [2.24, 2.45) is 0 Å². The van der Waals surface area contributed by atoms with E-state index in [0.29, 0.717) is 11.6 Å². The van der Waals surface area contributed by atoms with Gasteiger partial charge in [-0.1, -0.05) is 0 Å². The van der Waals surface area contributed by atoms with Gasteiger partial charge in [-0.25, -0.2) is 9.97 Å². The monoisotopic (exact) mass is 442 g/mol. The molecule has 168 valence electrons. The van der Waals surface area contributed by atoms with Gasteiger partial charge < -0.3 is 30.8 Å². The van der Waals surface area contributed by atoms with E-state index >= 15 is 0 Å². The summed E-state index contributed by atoms with van der Waals surface area (Å²) in [5, 5.41) is 6.53. The standard InChI is InChI=1S/C25H26N6O2/c1-16-12-18(14-28-24(16)26)21-13-17-6-7-27-22(15-32)23(17)25(30-21)29-19-2-4-20(5-3-19)31-8-10-33-11-9-31/h2-7,12-15,22,27H,8-11H2,1H3,(H2,26,28)(H,29,30). The van der Waals surface area contributed by atoms with Crippen molar-refractivity contribution >= 4 is 35.4 Å². The summed E-state index contributed by atoms with van der Waals surface area (Å²) in [7, 11) is 0. The molecule has 0 spiro atoms. The number of nitrogens with one attached hydrogen (secondary N) is 2. The lowest BCUT2D eigenvalue weighted by Crippen LogP contribution is -2.36. The number of morpholine rings is 1. The number of nitrogens with two attached hydrogens (primary N) is 1. The van der Waals surface area contributed by atoms with Crippen molar-refractivity contribution in [3.63, 3.8) is 0 Å². The van der Waals surface area contributed by atoms with E-state index in [1.807, 2.05) is 37.3 Å². The van der Waals surface area contributed by atoms with Crippen LogP contribution in [0.3, 0.4) is 0 Å². The number of aldehydes is 1. The average molecular weight is 443 g/mol. The Kier molecular flexibility index (Phi) is 5.66. The third kappa shape index (κ3) is 4.25. The first kappa shape index (κ1) is 21.0. The Labute approximate surface area is 192 Å². The Bertz CT molecular complexity index is 1200. The van der Waals surface area contributed by atoms with Crippen LogP contribution in [0.2, 0.25) is 0 Å². The number of anilines is 4. The number of rotatable bonds is 5. The van der Waals surface area contributed by atoms with Gasteiger partial charge in [0.25, 0.3) is 0 Å². The van der Waals surface area contributed by atoms with Crippen LogP contribution in [0.5, 0.6) is 0 Å². The first-order valence-electron chi connectivity index (χ1n) is 11.0. The lowest BCUT2D eigenvalue weighted by atomic mass is 9.97. The quantitative estimate of drug-likeness (QED) is 0.516. The van der Waals surface area contributed by atoms with E-state index in [4.69, 9.17) is 15.5 Å². The predicted molar refractivity (Wildman–Crippen MR) is 130 cm³/mol. The maximum atomic E-state index is 11.8. The van der Waals surface area contributed by atoms with Gasteiger partial charge in [-0.3, -0.25) is 0 Å². The number of benzene rings is 1. The van der Waals surface area contributed by atoms with E-state index < -0.39 is 6.04 Å². The fourth-order valence-corrected chi connectivity index (χ4v) is 4.15. The fraction of sp³-hybridized carbons (Fsp3) is 0.240. The molecular weight excluding hydrogens is 416 g/mol. The van der Waals surface area contributed by atoms with Crippen molar-refractivity contribution in [3.05, 3.63) is 65.5 Å². The lowest BCUT2D eigenvalue weighted by molar-refractivity contribution is -0.109. The number of fused-ring (bicyclic) bond motifs is 1. The minimum absolute atomic E-state index is 0.479. The molecule has 0 radical (unpaired) electrons. The summed E-state index contributed by atoms with van der Waals surface area (Å²) >= 11 is 0. The van der Waals surface area contributed by atoms with Crippen LogP contribution in [-0.2, 0) is 9.53 Å². The van der Waals surface area contributed by atoms with Crippen molar-refractivity contribution in [2.45, 2.75) is 13.0 Å². The normalized spacial score (nSPS) is 17.2. The molecule has 2 aromatic heterocycles. The van der Waals surface area contributed by atoms with E-state index in [2.05, 4.69) is 32.7 Å². The van der Waals surface area contributed by atoms with Gasteiger partial charge in [0, 0.05) is 41.8 Å². The van der Waals surface area contributed by atoms with Crippen LogP contribution in [0.1, 0.15) is 22.7 Å². The van der Waals surface area contributed by atoms with Crippen LogP contribution in [0.25, 0.3) is 17.3 Å². The zero-order chi connectivity index (χ0) is 22.8. The molecule has 1 atom stereocenters. The Hall–Kier alpha value is -3.91. The molecule has 2 aliphatic heterocycles. The van der Waals surface area contributed by atoms with E-state index in [-0.39, 0.29) is 0 Å². The second-order valence-corrected chi connectivity index (χ2v) is 8.17. The van der Waals surface area contributed by atoms with Crippen molar-refractivity contribution < 1.29 is 9.53 Å². The van der Waals surface area contributed by atoms with Crippen LogP contribution in [0.15, 0.2) is 48.8 Å². The van der Waals surface area contributed by atoms with Gasteiger partial charge in [0.15, 0.2) is 0 Å². The molecule has 2 aliphatic rings. The molecule has 0 saturated carbocycles. The fourth-order valence-electron chi connectivity index (χ4n) is 4.15. The number of pyridine rings is 2. The van der Waals surface area contributed by atoms with Crippen LogP contribution in [0.4, 0.5) is 23.0 Å². The Balaban J connectivity index is 1.51. The zero-order valence-electron chi connectivity index (χ0n) is 18.4. The third-order valence-corrected chi connectivity index (χ3v) is 6.00. The molecule has 1 unspecified atom stereocenters. The van der Waals surface area contributed by atoms with Crippen LogP contribution < -0.4 is 21.3 Å². The van der Waals surface area contributed by atoms with Gasteiger partial charge in [-0.2, -0.15) is 0 Å². The average Bonchev–Trinajstić information content (AvgIpc) is 2.86. The van der Waals surface area contributed by atoms with E-state index in [1.54, 1.807) is 12.4 Å². The Morgan fingerprint density at radius 3 is 2.73 bits per heavy atom. The highest BCUT2D eigenvalue weighted by Crippen LogP contribution is 2.34. The van der Waals surface area contributed by atoms with Gasteiger partial charge in [-0.15, -0.1) is 0 Å². The number of hydrogen-bond donors (Lipinski definition) is 3. The van der Waals surface area contributed by atoms with Crippen molar-refractivity contribution in [2.75, 3.05) is 42.3 Å². The highest BCUT2D eigenvalue weighted by molar-refractivity contribution is 5.80. The summed E-state index contributed by atoms with van der Waals surface area (Å²) in [5.41, 5.74) is 12.2. The molecule has 5 rings (SSSR count). The van der Waals surface area contributed by atoms with E-state index in [0.717, 1.165) is 71.9 Å². The second-order valence-electron chi connectivity index (χ2n) is 8.17. The van der Waals surface area contributed by atoms with E-state index in [1.165, 1.54) is 0 Å². The van der Waals surface area contributed by atoms with Gasteiger partial charge in [-0.05, 0) is 66.7 Å². The third-order valence-electron chi connectivity index (χ3n) is 6.00. The molecule has 0 aliphatic carbocycles. The first-order chi connectivity index (χ1) is 16.1. The second kappa shape index (κ2) is 8.91. The summed E-state index contributed by atoms with van der Waals surface area (Å²) in [6.07, 6.45) is 6.36. The van der Waals surface area contributed by atoms with Crippen LogP contribution >= 0.6 is 0 Å². The Morgan fingerprint density at radius 2 is 2.00 bits per heavy atom. The minimum Gasteiger partial charge on any atom is -0.383 e. The highest BCUT2D eigenvalue weighted by atomic mass is 16.5. The molecule has 8 nitrogen and oxygen atoms in total. The molecule has 33 heavy (non-hydrogen) atoms. The predicted octanol–water partition coefficient (Wildman–Crippen LogP) is 3.43. The molecule has 4 N–H and O–H groups in total. The summed E-state index contributed by atoms with van der Waals surface area (Å²) in [6.45, 7) is 5.19. The first-order valence-corrected chi connectivity index (χ1v) is 11.0. The smallest absolute Gasteiger partial charge is 0.146 e. The van der Waals surface area contributed by atoms with Crippen molar-refractivity contribution in [1.29, 1.82) is 0 Å². The summed E-state index contributed by atoms with van der Waals surface area (Å²) in [6, 6.07) is 11.7. The number of aryl methyl sites for hydroxylation is 1. The zero-order valence-corrected chi connectivity index (χ0v) is 18.4. The van der Waals surface area contributed by atoms with Gasteiger partial charge in [0.2, 0.25) is 0 Å². The topological polar surface area (TPSA) is 105 Å².